The number of rotatable bonds is 5. The second-order valence-corrected chi connectivity index (χ2v) is 5.19. The molecule has 2 nitrogen and oxygen atoms in total. The van der Waals surface area contributed by atoms with Crippen LogP contribution in [-0.4, -0.2) is 6.54 Å². The van der Waals surface area contributed by atoms with Crippen LogP contribution in [0.2, 0.25) is 0 Å². The van der Waals surface area contributed by atoms with Crippen LogP contribution in [0.3, 0.4) is 0 Å². The minimum Gasteiger partial charge on any atom is -0.468 e. The molecule has 0 aliphatic heterocycles. The topological polar surface area (TPSA) is 25.2 Å². The molecule has 0 radical (unpaired) electrons. The number of hydrogen-bond acceptors (Lipinski definition) is 2. The van der Waals surface area contributed by atoms with Crippen molar-refractivity contribution in [1.82, 2.24) is 5.32 Å². The van der Waals surface area contributed by atoms with E-state index in [1.165, 1.54) is 37.7 Å². The molecule has 0 aromatic carbocycles. The zero-order valence-corrected chi connectivity index (χ0v) is 10.5. The zero-order chi connectivity index (χ0) is 11.4. The van der Waals surface area contributed by atoms with Gasteiger partial charge in [-0.25, -0.2) is 0 Å². The minimum atomic E-state index is 0.570. The molecule has 0 unspecified atom stereocenters. The molecule has 16 heavy (non-hydrogen) atoms. The summed E-state index contributed by atoms with van der Waals surface area (Å²) in [7, 11) is 0. The van der Waals surface area contributed by atoms with Crippen molar-refractivity contribution in [3.05, 3.63) is 23.7 Å². The van der Waals surface area contributed by atoms with Crippen LogP contribution in [0.4, 0.5) is 0 Å². The van der Waals surface area contributed by atoms with Crippen LogP contribution in [0.25, 0.3) is 0 Å². The number of hydrogen-bond donors (Lipinski definition) is 1. The molecule has 1 heterocycles. The summed E-state index contributed by atoms with van der Waals surface area (Å²) in [5.41, 5.74) is 1.82. The van der Waals surface area contributed by atoms with Crippen molar-refractivity contribution in [2.75, 3.05) is 6.54 Å². The first-order valence-corrected chi connectivity index (χ1v) is 6.49. The molecule has 0 atom stereocenters. The van der Waals surface area contributed by atoms with E-state index in [0.717, 1.165) is 18.8 Å². The Morgan fingerprint density at radius 1 is 1.38 bits per heavy atom. The summed E-state index contributed by atoms with van der Waals surface area (Å²) in [4.78, 5) is 0. The van der Waals surface area contributed by atoms with Crippen molar-refractivity contribution >= 4 is 0 Å². The smallest absolute Gasteiger partial charge is 0.120 e. The fourth-order valence-corrected chi connectivity index (χ4v) is 2.81. The van der Waals surface area contributed by atoms with E-state index in [2.05, 4.69) is 19.2 Å². The van der Waals surface area contributed by atoms with Gasteiger partial charge in [0, 0.05) is 6.54 Å². The Labute approximate surface area is 98.4 Å². The molecule has 1 aliphatic carbocycles. The Morgan fingerprint density at radius 2 is 2.12 bits per heavy atom. The number of furan rings is 1. The number of nitrogens with one attached hydrogen (secondary N) is 1. The molecule has 1 N–H and O–H groups in total. The van der Waals surface area contributed by atoms with Crippen LogP contribution < -0.4 is 5.32 Å². The molecule has 1 saturated carbocycles. The zero-order valence-electron chi connectivity index (χ0n) is 10.5. The second kappa shape index (κ2) is 5.05. The van der Waals surface area contributed by atoms with Gasteiger partial charge in [0.15, 0.2) is 0 Å². The minimum absolute atomic E-state index is 0.570. The SMILES string of the molecule is CCC1(CNCc2occc2C)CCCC1. The lowest BCUT2D eigenvalue weighted by Crippen LogP contribution is -2.31. The van der Waals surface area contributed by atoms with Crippen molar-refractivity contribution in [2.24, 2.45) is 5.41 Å². The van der Waals surface area contributed by atoms with Crippen LogP contribution in [0.1, 0.15) is 50.4 Å². The van der Waals surface area contributed by atoms with E-state index >= 15 is 0 Å². The van der Waals surface area contributed by atoms with E-state index < -0.39 is 0 Å². The monoisotopic (exact) mass is 221 g/mol. The van der Waals surface area contributed by atoms with Gasteiger partial charge in [-0.15, -0.1) is 0 Å². The first-order chi connectivity index (χ1) is 7.76. The Balaban J connectivity index is 1.81. The predicted molar refractivity (Wildman–Crippen MR) is 66.3 cm³/mol. The fraction of sp³-hybridized carbons (Fsp3) is 0.714. The van der Waals surface area contributed by atoms with Gasteiger partial charge in [0.25, 0.3) is 0 Å². The first-order valence-electron chi connectivity index (χ1n) is 6.49. The van der Waals surface area contributed by atoms with Gasteiger partial charge in [-0.05, 0) is 43.2 Å². The lowest BCUT2D eigenvalue weighted by atomic mass is 9.83. The quantitative estimate of drug-likeness (QED) is 0.821. The Bertz CT molecular complexity index is 323. The van der Waals surface area contributed by atoms with E-state index in [9.17, 15) is 0 Å². The maximum absolute atomic E-state index is 5.43. The highest BCUT2D eigenvalue weighted by Crippen LogP contribution is 2.40. The molecule has 1 aliphatic rings. The highest BCUT2D eigenvalue weighted by atomic mass is 16.3. The van der Waals surface area contributed by atoms with Gasteiger partial charge < -0.3 is 9.73 Å². The Hall–Kier alpha value is -0.760. The van der Waals surface area contributed by atoms with E-state index in [1.54, 1.807) is 6.26 Å². The summed E-state index contributed by atoms with van der Waals surface area (Å²) >= 11 is 0. The van der Waals surface area contributed by atoms with Crippen molar-refractivity contribution in [3.63, 3.8) is 0 Å². The molecule has 0 bridgehead atoms. The lowest BCUT2D eigenvalue weighted by molar-refractivity contribution is 0.264. The van der Waals surface area contributed by atoms with E-state index in [1.807, 2.05) is 6.07 Å². The molecule has 0 spiro atoms. The maximum Gasteiger partial charge on any atom is 0.120 e. The Morgan fingerprint density at radius 3 is 2.69 bits per heavy atom. The summed E-state index contributed by atoms with van der Waals surface area (Å²) in [6.45, 7) is 6.45. The molecule has 90 valence electrons. The van der Waals surface area contributed by atoms with Crippen molar-refractivity contribution in [2.45, 2.75) is 52.5 Å². The molecular weight excluding hydrogens is 198 g/mol. The van der Waals surface area contributed by atoms with E-state index in [-0.39, 0.29) is 0 Å². The average molecular weight is 221 g/mol. The third-order valence-corrected chi connectivity index (χ3v) is 4.17. The van der Waals surface area contributed by atoms with Crippen LogP contribution >= 0.6 is 0 Å². The third kappa shape index (κ3) is 2.49. The summed E-state index contributed by atoms with van der Waals surface area (Å²) in [6, 6.07) is 2.03. The van der Waals surface area contributed by atoms with Gasteiger partial charge >= 0.3 is 0 Å². The molecule has 2 rings (SSSR count). The van der Waals surface area contributed by atoms with Crippen molar-refractivity contribution < 1.29 is 4.42 Å². The highest BCUT2D eigenvalue weighted by Gasteiger charge is 2.31. The molecule has 1 aromatic heterocycles. The van der Waals surface area contributed by atoms with Gasteiger partial charge in [-0.1, -0.05) is 19.8 Å². The third-order valence-electron chi connectivity index (χ3n) is 4.17. The van der Waals surface area contributed by atoms with Crippen molar-refractivity contribution in [3.8, 4) is 0 Å². The standard InChI is InChI=1S/C14H23NO/c1-3-14(7-4-5-8-14)11-15-10-13-12(2)6-9-16-13/h6,9,15H,3-5,7-8,10-11H2,1-2H3. The number of aryl methyl sites for hydroxylation is 1. The summed E-state index contributed by atoms with van der Waals surface area (Å²) < 4.78 is 5.43. The predicted octanol–water partition coefficient (Wildman–Crippen LogP) is 3.65. The maximum atomic E-state index is 5.43. The van der Waals surface area contributed by atoms with E-state index in [4.69, 9.17) is 4.42 Å². The lowest BCUT2D eigenvalue weighted by Gasteiger charge is -2.27. The van der Waals surface area contributed by atoms with Gasteiger partial charge in [0.1, 0.15) is 5.76 Å². The summed E-state index contributed by atoms with van der Waals surface area (Å²) in [5, 5.41) is 3.57. The Kier molecular flexibility index (Phi) is 3.70. The average Bonchev–Trinajstić information content (AvgIpc) is 2.90. The summed E-state index contributed by atoms with van der Waals surface area (Å²) in [6.07, 6.45) is 8.69. The normalized spacial score (nSPS) is 19.1. The molecule has 1 aromatic rings. The van der Waals surface area contributed by atoms with Crippen LogP contribution in [0, 0.1) is 12.3 Å². The molecule has 0 amide bonds. The van der Waals surface area contributed by atoms with Gasteiger partial charge in [-0.3, -0.25) is 0 Å². The molecule has 0 saturated heterocycles. The van der Waals surface area contributed by atoms with Gasteiger partial charge in [-0.2, -0.15) is 0 Å². The highest BCUT2D eigenvalue weighted by molar-refractivity contribution is 5.14. The van der Waals surface area contributed by atoms with Gasteiger partial charge in [0.05, 0.1) is 12.8 Å². The summed E-state index contributed by atoms with van der Waals surface area (Å²) in [5.74, 6) is 1.09. The second-order valence-electron chi connectivity index (χ2n) is 5.19. The largest absolute Gasteiger partial charge is 0.468 e. The van der Waals surface area contributed by atoms with E-state index in [0.29, 0.717) is 5.41 Å². The molecule has 2 heteroatoms. The van der Waals surface area contributed by atoms with Crippen molar-refractivity contribution in [1.29, 1.82) is 0 Å². The molecule has 1 fully saturated rings. The van der Waals surface area contributed by atoms with Crippen LogP contribution in [-0.2, 0) is 6.54 Å². The fourth-order valence-electron chi connectivity index (χ4n) is 2.81. The van der Waals surface area contributed by atoms with Gasteiger partial charge in [0.2, 0.25) is 0 Å². The first kappa shape index (κ1) is 11.7. The van der Waals surface area contributed by atoms with Crippen LogP contribution in [0.5, 0.6) is 0 Å². The van der Waals surface area contributed by atoms with Crippen LogP contribution in [0.15, 0.2) is 16.7 Å². The molecular formula is C14H23NO.